The van der Waals surface area contributed by atoms with Gasteiger partial charge in [-0.25, -0.2) is 0 Å². The van der Waals surface area contributed by atoms with Crippen LogP contribution < -0.4 is 0 Å². The first-order valence-electron chi connectivity index (χ1n) is 5.15. The Labute approximate surface area is 113 Å². The summed E-state index contributed by atoms with van der Waals surface area (Å²) >= 11 is 5.04. The van der Waals surface area contributed by atoms with Gasteiger partial charge in [-0.3, -0.25) is 4.79 Å². The molecule has 0 saturated carbocycles. The number of carbonyl (C=O) groups is 1. The molecular formula is C14H11BrOS. The standard InChI is InChI=1S/C14H11BrOS/c1-17-11-6-4-5-10(9-11)14(16)12-7-2-3-8-13(12)15/h2-9H,1H3. The van der Waals surface area contributed by atoms with Gasteiger partial charge in [0.25, 0.3) is 0 Å². The van der Waals surface area contributed by atoms with Crippen molar-refractivity contribution in [3.63, 3.8) is 0 Å². The number of halogens is 1. The van der Waals surface area contributed by atoms with Gasteiger partial charge in [0.15, 0.2) is 5.78 Å². The van der Waals surface area contributed by atoms with E-state index >= 15 is 0 Å². The lowest BCUT2D eigenvalue weighted by Gasteiger charge is -2.04. The van der Waals surface area contributed by atoms with Gasteiger partial charge in [0.1, 0.15) is 0 Å². The molecule has 2 rings (SSSR count). The fourth-order valence-corrected chi connectivity index (χ4v) is 2.49. The minimum Gasteiger partial charge on any atom is -0.289 e. The van der Waals surface area contributed by atoms with E-state index in [1.165, 1.54) is 0 Å². The molecule has 0 aliphatic carbocycles. The van der Waals surface area contributed by atoms with Crippen molar-refractivity contribution in [2.75, 3.05) is 6.26 Å². The molecule has 0 aliphatic heterocycles. The molecule has 86 valence electrons. The first-order valence-corrected chi connectivity index (χ1v) is 7.17. The number of carbonyl (C=O) groups excluding carboxylic acids is 1. The summed E-state index contributed by atoms with van der Waals surface area (Å²) in [6.07, 6.45) is 2.00. The van der Waals surface area contributed by atoms with E-state index in [4.69, 9.17) is 0 Å². The van der Waals surface area contributed by atoms with E-state index < -0.39 is 0 Å². The van der Waals surface area contributed by atoms with E-state index in [2.05, 4.69) is 15.9 Å². The molecule has 0 aromatic heterocycles. The summed E-state index contributed by atoms with van der Waals surface area (Å²) in [4.78, 5) is 13.4. The van der Waals surface area contributed by atoms with Gasteiger partial charge in [0.05, 0.1) is 0 Å². The summed E-state index contributed by atoms with van der Waals surface area (Å²) in [6.45, 7) is 0. The Morgan fingerprint density at radius 2 is 1.88 bits per heavy atom. The number of hydrogen-bond donors (Lipinski definition) is 0. The number of hydrogen-bond acceptors (Lipinski definition) is 2. The largest absolute Gasteiger partial charge is 0.289 e. The van der Waals surface area contributed by atoms with Crippen molar-refractivity contribution in [1.29, 1.82) is 0 Å². The zero-order valence-corrected chi connectivity index (χ0v) is 11.7. The van der Waals surface area contributed by atoms with Gasteiger partial charge in [0, 0.05) is 20.5 Å². The van der Waals surface area contributed by atoms with Crippen LogP contribution in [0.1, 0.15) is 15.9 Å². The van der Waals surface area contributed by atoms with E-state index in [1.54, 1.807) is 11.8 Å². The monoisotopic (exact) mass is 306 g/mol. The van der Waals surface area contributed by atoms with E-state index in [0.29, 0.717) is 5.56 Å². The molecular weight excluding hydrogens is 296 g/mol. The maximum atomic E-state index is 12.3. The lowest BCUT2D eigenvalue weighted by atomic mass is 10.0. The van der Waals surface area contributed by atoms with Crippen LogP contribution in [0.3, 0.4) is 0 Å². The van der Waals surface area contributed by atoms with Crippen molar-refractivity contribution < 1.29 is 4.79 Å². The molecule has 3 heteroatoms. The van der Waals surface area contributed by atoms with Crippen LogP contribution in [0.15, 0.2) is 57.9 Å². The molecule has 0 radical (unpaired) electrons. The van der Waals surface area contributed by atoms with Gasteiger partial charge in [0.2, 0.25) is 0 Å². The second-order valence-corrected chi connectivity index (χ2v) is 5.27. The third-order valence-corrected chi connectivity index (χ3v) is 3.87. The second kappa shape index (κ2) is 5.52. The molecule has 0 fully saturated rings. The zero-order chi connectivity index (χ0) is 12.3. The van der Waals surface area contributed by atoms with Crippen molar-refractivity contribution in [3.05, 3.63) is 64.1 Å². The fraction of sp³-hybridized carbons (Fsp3) is 0.0714. The first kappa shape index (κ1) is 12.4. The quantitative estimate of drug-likeness (QED) is 0.617. The number of ketones is 1. The Kier molecular flexibility index (Phi) is 4.02. The number of thioether (sulfide) groups is 1. The summed E-state index contributed by atoms with van der Waals surface area (Å²) < 4.78 is 0.833. The maximum Gasteiger partial charge on any atom is 0.194 e. The normalized spacial score (nSPS) is 10.2. The molecule has 0 bridgehead atoms. The second-order valence-electron chi connectivity index (χ2n) is 3.54. The zero-order valence-electron chi connectivity index (χ0n) is 9.31. The highest BCUT2D eigenvalue weighted by molar-refractivity contribution is 9.10. The van der Waals surface area contributed by atoms with Crippen molar-refractivity contribution >= 4 is 33.5 Å². The summed E-state index contributed by atoms with van der Waals surface area (Å²) in [7, 11) is 0. The highest BCUT2D eigenvalue weighted by Crippen LogP contribution is 2.22. The first-order chi connectivity index (χ1) is 8.22. The molecule has 0 atom stereocenters. The third kappa shape index (κ3) is 2.79. The summed E-state index contributed by atoms with van der Waals surface area (Å²) in [5.41, 5.74) is 1.43. The molecule has 0 amide bonds. The molecule has 0 unspecified atom stereocenters. The molecule has 0 N–H and O–H groups in total. The molecule has 0 aliphatic rings. The smallest absolute Gasteiger partial charge is 0.194 e. The van der Waals surface area contributed by atoms with Gasteiger partial charge in [-0.05, 0) is 30.5 Å². The van der Waals surface area contributed by atoms with Crippen LogP contribution in [0.5, 0.6) is 0 Å². The average molecular weight is 307 g/mol. The predicted octanol–water partition coefficient (Wildman–Crippen LogP) is 4.40. The lowest BCUT2D eigenvalue weighted by molar-refractivity contribution is 0.103. The van der Waals surface area contributed by atoms with Gasteiger partial charge < -0.3 is 0 Å². The molecule has 2 aromatic carbocycles. The van der Waals surface area contributed by atoms with Gasteiger partial charge >= 0.3 is 0 Å². The Bertz CT molecular complexity index is 551. The van der Waals surface area contributed by atoms with E-state index in [9.17, 15) is 4.79 Å². The van der Waals surface area contributed by atoms with Crippen LogP contribution in [0, 0.1) is 0 Å². The summed E-state index contributed by atoms with van der Waals surface area (Å²) in [5, 5.41) is 0. The summed E-state index contributed by atoms with van der Waals surface area (Å²) in [5.74, 6) is 0.0494. The van der Waals surface area contributed by atoms with Crippen LogP contribution in [-0.2, 0) is 0 Å². The van der Waals surface area contributed by atoms with Crippen molar-refractivity contribution in [2.45, 2.75) is 4.90 Å². The van der Waals surface area contributed by atoms with Gasteiger partial charge in [-0.15, -0.1) is 11.8 Å². The highest BCUT2D eigenvalue weighted by Gasteiger charge is 2.11. The van der Waals surface area contributed by atoms with Gasteiger partial charge in [-0.2, -0.15) is 0 Å². The maximum absolute atomic E-state index is 12.3. The van der Waals surface area contributed by atoms with Crippen molar-refractivity contribution in [2.24, 2.45) is 0 Å². The van der Waals surface area contributed by atoms with E-state index in [0.717, 1.165) is 14.9 Å². The molecule has 1 nitrogen and oxygen atoms in total. The Morgan fingerprint density at radius 3 is 2.59 bits per heavy atom. The SMILES string of the molecule is CSc1cccc(C(=O)c2ccccc2Br)c1. The molecule has 0 saturated heterocycles. The minimum atomic E-state index is 0.0494. The minimum absolute atomic E-state index is 0.0494. The molecule has 2 aromatic rings. The third-order valence-electron chi connectivity index (χ3n) is 2.45. The Hall–Kier alpha value is -1.06. The molecule has 17 heavy (non-hydrogen) atoms. The van der Waals surface area contributed by atoms with Crippen molar-refractivity contribution in [1.82, 2.24) is 0 Å². The van der Waals surface area contributed by atoms with E-state index in [-0.39, 0.29) is 5.78 Å². The molecule has 0 heterocycles. The van der Waals surface area contributed by atoms with Crippen LogP contribution in [0.4, 0.5) is 0 Å². The highest BCUT2D eigenvalue weighted by atomic mass is 79.9. The van der Waals surface area contributed by atoms with Crippen molar-refractivity contribution in [3.8, 4) is 0 Å². The summed E-state index contributed by atoms with van der Waals surface area (Å²) in [6, 6.07) is 15.2. The topological polar surface area (TPSA) is 17.1 Å². The van der Waals surface area contributed by atoms with E-state index in [1.807, 2.05) is 54.8 Å². The number of rotatable bonds is 3. The van der Waals surface area contributed by atoms with Gasteiger partial charge in [-0.1, -0.05) is 40.2 Å². The van der Waals surface area contributed by atoms with Crippen LogP contribution in [0.25, 0.3) is 0 Å². The number of benzene rings is 2. The van der Waals surface area contributed by atoms with Crippen LogP contribution in [0.2, 0.25) is 0 Å². The predicted molar refractivity (Wildman–Crippen MR) is 75.8 cm³/mol. The molecule has 0 spiro atoms. The van der Waals surface area contributed by atoms with Crippen LogP contribution in [-0.4, -0.2) is 12.0 Å². The average Bonchev–Trinajstić information content (AvgIpc) is 2.38. The van der Waals surface area contributed by atoms with Crippen LogP contribution >= 0.6 is 27.7 Å². The Morgan fingerprint density at radius 1 is 1.12 bits per heavy atom. The fourth-order valence-electron chi connectivity index (χ4n) is 1.57. The lowest BCUT2D eigenvalue weighted by Crippen LogP contribution is -2.02. The Balaban J connectivity index is 2.40.